The van der Waals surface area contributed by atoms with Crippen LogP contribution in [0.15, 0.2) is 0 Å². The Labute approximate surface area is 106 Å². The lowest BCUT2D eigenvalue weighted by Crippen LogP contribution is -2.45. The van der Waals surface area contributed by atoms with E-state index in [9.17, 15) is 4.79 Å². The van der Waals surface area contributed by atoms with E-state index in [2.05, 4.69) is 33.9 Å². The molecule has 17 heavy (non-hydrogen) atoms. The van der Waals surface area contributed by atoms with Crippen LogP contribution < -0.4 is 0 Å². The number of hydrogen-bond donors (Lipinski definition) is 0. The van der Waals surface area contributed by atoms with E-state index in [0.717, 1.165) is 0 Å². The van der Waals surface area contributed by atoms with Gasteiger partial charge in [0.25, 0.3) is 0 Å². The molecule has 1 fully saturated rings. The lowest BCUT2D eigenvalue weighted by atomic mass is 10.2. The van der Waals surface area contributed by atoms with Crippen LogP contribution in [0, 0.1) is 5.92 Å². The van der Waals surface area contributed by atoms with Crippen LogP contribution in [0.3, 0.4) is 0 Å². The van der Waals surface area contributed by atoms with Crippen molar-refractivity contribution in [3.63, 3.8) is 0 Å². The fourth-order valence-electron chi connectivity index (χ4n) is 1.58. The van der Waals surface area contributed by atoms with Crippen LogP contribution in [0.5, 0.6) is 0 Å². The predicted octanol–water partition coefficient (Wildman–Crippen LogP) is 3.35. The Hall–Kier alpha value is -0.353. The summed E-state index contributed by atoms with van der Waals surface area (Å²) >= 11 is 0. The highest BCUT2D eigenvalue weighted by molar-refractivity contribution is 6.74. The highest BCUT2D eigenvalue weighted by Gasteiger charge is 2.43. The van der Waals surface area contributed by atoms with Crippen LogP contribution in [-0.2, 0) is 14.0 Å². The van der Waals surface area contributed by atoms with Crippen LogP contribution in [0.1, 0.15) is 40.0 Å². The normalized spacial score (nSPS) is 18.9. The minimum atomic E-state index is -1.78. The van der Waals surface area contributed by atoms with Gasteiger partial charge >= 0.3 is 5.97 Å². The van der Waals surface area contributed by atoms with Crippen molar-refractivity contribution in [2.24, 2.45) is 5.92 Å². The highest BCUT2D eigenvalue weighted by Crippen LogP contribution is 2.42. The second-order valence-corrected chi connectivity index (χ2v) is 11.3. The number of rotatable bonds is 5. The molecular weight excluding hydrogens is 232 g/mol. The first-order chi connectivity index (χ1) is 7.67. The summed E-state index contributed by atoms with van der Waals surface area (Å²) in [5, 5.41) is 0.191. The fraction of sp³-hybridized carbons (Fsp3) is 0.923. The Morgan fingerprint density at radius 1 is 1.35 bits per heavy atom. The van der Waals surface area contributed by atoms with Gasteiger partial charge in [-0.15, -0.1) is 0 Å². The number of ether oxygens (including phenoxy) is 1. The first-order valence-corrected chi connectivity index (χ1v) is 9.33. The summed E-state index contributed by atoms with van der Waals surface area (Å²) < 4.78 is 11.1. The number of esters is 1. The van der Waals surface area contributed by atoms with Crippen molar-refractivity contribution in [3.05, 3.63) is 0 Å². The van der Waals surface area contributed by atoms with Crippen molar-refractivity contribution < 1.29 is 14.0 Å². The van der Waals surface area contributed by atoms with Crippen molar-refractivity contribution in [1.82, 2.24) is 0 Å². The van der Waals surface area contributed by atoms with Gasteiger partial charge in [-0.1, -0.05) is 20.8 Å². The molecule has 0 spiro atoms. The Morgan fingerprint density at radius 2 is 1.88 bits per heavy atom. The zero-order valence-electron chi connectivity index (χ0n) is 12.0. The number of carbonyl (C=O) groups is 1. The van der Waals surface area contributed by atoms with Crippen molar-refractivity contribution in [3.8, 4) is 0 Å². The molecule has 1 saturated carbocycles. The van der Waals surface area contributed by atoms with Gasteiger partial charge in [0.05, 0.1) is 19.6 Å². The van der Waals surface area contributed by atoms with E-state index in [1.807, 2.05) is 0 Å². The van der Waals surface area contributed by atoms with Gasteiger partial charge in [-0.25, -0.2) is 0 Å². The molecule has 1 aliphatic rings. The van der Waals surface area contributed by atoms with Crippen LogP contribution in [0.2, 0.25) is 18.1 Å². The molecule has 0 bridgehead atoms. The Morgan fingerprint density at radius 3 is 2.24 bits per heavy atom. The summed E-state index contributed by atoms with van der Waals surface area (Å²) in [5.41, 5.74) is 0. The van der Waals surface area contributed by atoms with Crippen molar-refractivity contribution in [1.29, 1.82) is 0 Å². The van der Waals surface area contributed by atoms with Gasteiger partial charge in [-0.05, 0) is 36.9 Å². The molecule has 0 aromatic heterocycles. The quantitative estimate of drug-likeness (QED) is 0.560. The third-order valence-electron chi connectivity index (χ3n) is 4.00. The fourth-order valence-corrected chi connectivity index (χ4v) is 2.96. The zero-order chi connectivity index (χ0) is 13.3. The number of hydrogen-bond acceptors (Lipinski definition) is 3. The van der Waals surface area contributed by atoms with E-state index < -0.39 is 8.32 Å². The van der Waals surface area contributed by atoms with Gasteiger partial charge in [0.2, 0.25) is 0 Å². The highest BCUT2D eigenvalue weighted by atomic mass is 28.4. The molecule has 0 aliphatic heterocycles. The number of carbonyl (C=O) groups excluding carboxylic acids is 1. The molecule has 0 saturated heterocycles. The summed E-state index contributed by atoms with van der Waals surface area (Å²) in [4.78, 5) is 11.4. The molecule has 4 heteroatoms. The topological polar surface area (TPSA) is 35.5 Å². The van der Waals surface area contributed by atoms with E-state index in [4.69, 9.17) is 9.16 Å². The Balaban J connectivity index is 2.63. The second-order valence-electron chi connectivity index (χ2n) is 6.53. The molecule has 0 N–H and O–H groups in total. The van der Waals surface area contributed by atoms with Gasteiger partial charge in [0, 0.05) is 0 Å². The average Bonchev–Trinajstić information content (AvgIpc) is 2.97. The SMILES string of the molecule is COC(=O)CC(O[Si](C)(C)C(C)(C)C)C1CC1. The molecule has 3 nitrogen and oxygen atoms in total. The van der Waals surface area contributed by atoms with Crippen LogP contribution in [0.25, 0.3) is 0 Å². The van der Waals surface area contributed by atoms with E-state index in [1.54, 1.807) is 0 Å². The van der Waals surface area contributed by atoms with Gasteiger partial charge in [0.15, 0.2) is 8.32 Å². The molecule has 1 atom stereocenters. The largest absolute Gasteiger partial charge is 0.469 e. The lowest BCUT2D eigenvalue weighted by molar-refractivity contribution is -0.142. The lowest BCUT2D eigenvalue weighted by Gasteiger charge is -2.39. The second kappa shape index (κ2) is 5.10. The summed E-state index contributed by atoms with van der Waals surface area (Å²) in [7, 11) is -0.335. The van der Waals surface area contributed by atoms with E-state index in [-0.39, 0.29) is 17.1 Å². The molecule has 1 rings (SSSR count). The monoisotopic (exact) mass is 258 g/mol. The first kappa shape index (κ1) is 14.7. The summed E-state index contributed by atoms with van der Waals surface area (Å²) in [6.07, 6.45) is 2.86. The van der Waals surface area contributed by atoms with E-state index >= 15 is 0 Å². The number of methoxy groups -OCH3 is 1. The molecule has 0 amide bonds. The van der Waals surface area contributed by atoms with Gasteiger partial charge in [-0.2, -0.15) is 0 Å². The summed E-state index contributed by atoms with van der Waals surface area (Å²) in [6, 6.07) is 0. The predicted molar refractivity (Wildman–Crippen MR) is 71.4 cm³/mol. The Kier molecular flexibility index (Phi) is 4.41. The maximum Gasteiger partial charge on any atom is 0.308 e. The van der Waals surface area contributed by atoms with Gasteiger partial charge in [-0.3, -0.25) is 4.79 Å². The van der Waals surface area contributed by atoms with Crippen LogP contribution in [0.4, 0.5) is 0 Å². The molecular formula is C13H26O3Si. The maximum atomic E-state index is 11.4. The minimum Gasteiger partial charge on any atom is -0.469 e. The molecule has 0 heterocycles. The third kappa shape index (κ3) is 4.10. The smallest absolute Gasteiger partial charge is 0.308 e. The molecule has 1 unspecified atom stereocenters. The van der Waals surface area contributed by atoms with Crippen LogP contribution in [-0.4, -0.2) is 27.5 Å². The van der Waals surface area contributed by atoms with Gasteiger partial charge < -0.3 is 9.16 Å². The third-order valence-corrected chi connectivity index (χ3v) is 8.50. The van der Waals surface area contributed by atoms with Crippen molar-refractivity contribution in [2.75, 3.05) is 7.11 Å². The standard InChI is InChI=1S/C13H26O3Si/c1-13(2,3)17(5,6)16-11(10-7-8-10)9-12(14)15-4/h10-11H,7-9H2,1-6H3. The van der Waals surface area contributed by atoms with Crippen molar-refractivity contribution >= 4 is 14.3 Å². The molecule has 0 aromatic rings. The molecule has 0 radical (unpaired) electrons. The van der Waals surface area contributed by atoms with Crippen molar-refractivity contribution in [2.45, 2.75) is 64.3 Å². The molecule has 0 aromatic carbocycles. The van der Waals surface area contributed by atoms with Crippen LogP contribution >= 0.6 is 0 Å². The molecule has 100 valence electrons. The van der Waals surface area contributed by atoms with E-state index in [0.29, 0.717) is 12.3 Å². The van der Waals surface area contributed by atoms with E-state index in [1.165, 1.54) is 20.0 Å². The zero-order valence-corrected chi connectivity index (χ0v) is 13.0. The minimum absolute atomic E-state index is 0.0725. The Bertz CT molecular complexity index is 277. The summed E-state index contributed by atoms with van der Waals surface area (Å²) in [6.45, 7) is 11.1. The molecule has 1 aliphatic carbocycles. The average molecular weight is 258 g/mol. The van der Waals surface area contributed by atoms with Gasteiger partial charge in [0.1, 0.15) is 0 Å². The maximum absolute atomic E-state index is 11.4. The summed E-state index contributed by atoms with van der Waals surface area (Å²) in [5.74, 6) is 0.420. The first-order valence-electron chi connectivity index (χ1n) is 6.42.